The smallest absolute Gasteiger partial charge is 0.146 e. The molecule has 0 bridgehead atoms. The first-order chi connectivity index (χ1) is 23.9. The molecule has 0 radical (unpaired) electrons. The Kier molecular flexibility index (Phi) is 10.7. The van der Waals surface area contributed by atoms with E-state index in [-0.39, 0.29) is 34.2 Å². The maximum Gasteiger partial charge on any atom is 0.146 e. The van der Waals surface area contributed by atoms with Gasteiger partial charge in [0.05, 0.1) is 0 Å². The van der Waals surface area contributed by atoms with Crippen LogP contribution in [0.25, 0.3) is 33.4 Å². The molecule has 0 amide bonds. The number of aromatic nitrogens is 6. The van der Waals surface area contributed by atoms with Crippen LogP contribution in [0.2, 0.25) is 0 Å². The van der Waals surface area contributed by atoms with Gasteiger partial charge in [-0.1, -0.05) is 119 Å². The maximum atomic E-state index is 12.0. The second-order valence-electron chi connectivity index (χ2n) is 16.9. The molecule has 0 aliphatic rings. The van der Waals surface area contributed by atoms with Gasteiger partial charge in [0.15, 0.2) is 0 Å². The summed E-state index contributed by atoms with van der Waals surface area (Å²) in [6, 6.07) is 23.6. The molecule has 2 N–H and O–H groups in total. The second-order valence-corrected chi connectivity index (χ2v) is 16.9. The standard InChI is InChI=1S/C40H48N6O2.C3H8/c1-25(2)23-39(6,7)28-19-26(36(47)34(21-28)45-41-30-14-10-11-15-31(30)42-45)18-27-20-29(40(8,9)24-38(3,4)5)22-35(37(27)48)46-43-32-16-12-13-17-33(32)44-46;1-3-2/h10-17,19-22,25,47-48H,18,23-24H2,1-9H3;3H2,1-2H3. The van der Waals surface area contributed by atoms with Crippen LogP contribution in [0.5, 0.6) is 11.5 Å². The molecule has 270 valence electrons. The van der Waals surface area contributed by atoms with Crippen LogP contribution in [-0.2, 0) is 17.3 Å². The van der Waals surface area contributed by atoms with E-state index in [4.69, 9.17) is 20.4 Å². The van der Waals surface area contributed by atoms with Gasteiger partial charge in [0.25, 0.3) is 0 Å². The highest BCUT2D eigenvalue weighted by Crippen LogP contribution is 2.42. The Morgan fingerprint density at radius 2 is 0.941 bits per heavy atom. The van der Waals surface area contributed by atoms with Crippen LogP contribution in [0.3, 0.4) is 0 Å². The van der Waals surface area contributed by atoms with Crippen molar-refractivity contribution in [2.45, 2.75) is 113 Å². The minimum atomic E-state index is -0.227. The molecule has 8 heteroatoms. The van der Waals surface area contributed by atoms with Gasteiger partial charge in [-0.3, -0.25) is 0 Å². The van der Waals surface area contributed by atoms with Crippen molar-refractivity contribution in [2.75, 3.05) is 0 Å². The van der Waals surface area contributed by atoms with E-state index in [0.717, 1.165) is 46.0 Å². The quantitative estimate of drug-likeness (QED) is 0.157. The van der Waals surface area contributed by atoms with Crippen molar-refractivity contribution in [3.8, 4) is 22.9 Å². The van der Waals surface area contributed by atoms with Crippen LogP contribution in [-0.4, -0.2) is 40.2 Å². The van der Waals surface area contributed by atoms with Gasteiger partial charge in [0.2, 0.25) is 0 Å². The molecule has 51 heavy (non-hydrogen) atoms. The van der Waals surface area contributed by atoms with Crippen LogP contribution in [0.1, 0.15) is 118 Å². The lowest BCUT2D eigenvalue weighted by molar-refractivity contribution is 0.284. The van der Waals surface area contributed by atoms with E-state index in [1.54, 1.807) is 0 Å². The lowest BCUT2D eigenvalue weighted by Crippen LogP contribution is -2.25. The zero-order chi connectivity index (χ0) is 37.3. The van der Waals surface area contributed by atoms with Gasteiger partial charge in [-0.25, -0.2) is 0 Å². The third kappa shape index (κ3) is 8.43. The van der Waals surface area contributed by atoms with Crippen LogP contribution in [0.15, 0.2) is 72.8 Å². The fourth-order valence-corrected chi connectivity index (χ4v) is 7.42. The average molecular weight is 689 g/mol. The summed E-state index contributed by atoms with van der Waals surface area (Å²) < 4.78 is 0. The number of nitrogens with zero attached hydrogens (tertiary/aromatic N) is 6. The molecule has 2 heterocycles. The molecule has 2 aromatic heterocycles. The highest BCUT2D eigenvalue weighted by Gasteiger charge is 2.31. The summed E-state index contributed by atoms with van der Waals surface area (Å²) in [5.74, 6) is 0.639. The number of fused-ring (bicyclic) bond motifs is 2. The molecule has 0 atom stereocenters. The lowest BCUT2D eigenvalue weighted by atomic mass is 9.71. The first-order valence-electron chi connectivity index (χ1n) is 18.3. The molecule has 0 spiro atoms. The van der Waals surface area contributed by atoms with Crippen LogP contribution >= 0.6 is 0 Å². The third-order valence-electron chi connectivity index (χ3n) is 9.18. The Bertz CT molecular complexity index is 2060. The van der Waals surface area contributed by atoms with E-state index in [2.05, 4.69) is 88.3 Å². The minimum Gasteiger partial charge on any atom is -0.505 e. The average Bonchev–Trinajstić information content (AvgIpc) is 3.66. The number of hydrogen-bond donors (Lipinski definition) is 2. The third-order valence-corrected chi connectivity index (χ3v) is 9.18. The summed E-state index contributed by atoms with van der Waals surface area (Å²) in [7, 11) is 0. The van der Waals surface area contributed by atoms with Gasteiger partial charge in [0.1, 0.15) is 44.9 Å². The molecule has 0 aliphatic carbocycles. The van der Waals surface area contributed by atoms with E-state index in [1.807, 2.05) is 60.7 Å². The minimum absolute atomic E-state index is 0.0736. The summed E-state index contributed by atoms with van der Waals surface area (Å²) in [5.41, 5.74) is 7.19. The van der Waals surface area contributed by atoms with Crippen molar-refractivity contribution < 1.29 is 10.2 Å². The fraction of sp³-hybridized carbons (Fsp3) is 0.442. The second kappa shape index (κ2) is 14.5. The van der Waals surface area contributed by atoms with Crippen molar-refractivity contribution >= 4 is 22.1 Å². The molecule has 0 saturated heterocycles. The van der Waals surface area contributed by atoms with E-state index in [9.17, 15) is 10.2 Å². The van der Waals surface area contributed by atoms with E-state index >= 15 is 0 Å². The summed E-state index contributed by atoms with van der Waals surface area (Å²) in [6.45, 7) is 24.4. The highest BCUT2D eigenvalue weighted by atomic mass is 16.3. The zero-order valence-corrected chi connectivity index (χ0v) is 32.4. The lowest BCUT2D eigenvalue weighted by Gasteiger charge is -2.33. The summed E-state index contributed by atoms with van der Waals surface area (Å²) >= 11 is 0. The first kappa shape index (κ1) is 37.5. The van der Waals surface area contributed by atoms with E-state index < -0.39 is 0 Å². The Morgan fingerprint density at radius 3 is 1.27 bits per heavy atom. The molecular weight excluding hydrogens is 633 g/mol. The van der Waals surface area contributed by atoms with Crippen molar-refractivity contribution in [3.05, 3.63) is 95.1 Å². The molecule has 0 saturated carbocycles. The Hall–Kier alpha value is -4.72. The maximum absolute atomic E-state index is 12.0. The monoisotopic (exact) mass is 688 g/mol. The Morgan fingerprint density at radius 1 is 0.588 bits per heavy atom. The van der Waals surface area contributed by atoms with Gasteiger partial charge in [-0.05, 0) is 82.5 Å². The van der Waals surface area contributed by atoms with Gasteiger partial charge < -0.3 is 10.2 Å². The number of phenols is 2. The number of hydrogen-bond acceptors (Lipinski definition) is 6. The van der Waals surface area contributed by atoms with Gasteiger partial charge >= 0.3 is 0 Å². The van der Waals surface area contributed by atoms with Crippen molar-refractivity contribution in [3.63, 3.8) is 0 Å². The summed E-state index contributed by atoms with van der Waals surface area (Å²) in [6.07, 6.45) is 3.41. The highest BCUT2D eigenvalue weighted by molar-refractivity contribution is 5.75. The molecule has 0 unspecified atom stereocenters. The first-order valence-corrected chi connectivity index (χ1v) is 18.3. The molecule has 0 aliphatic heterocycles. The molecule has 4 aromatic carbocycles. The molecule has 0 fully saturated rings. The number of rotatable bonds is 9. The summed E-state index contributed by atoms with van der Waals surface area (Å²) in [5, 5.41) is 42.8. The SMILES string of the molecule is CC(C)CC(C)(C)c1cc(Cc2cc(C(C)(C)CC(C)(C)C)cc(-n3nc4ccccc4n3)c2O)c(O)c(-n2nc3ccccc3n2)c1.CCC. The normalized spacial score (nSPS) is 12.5. The predicted octanol–water partition coefficient (Wildman–Crippen LogP) is 10.6. The fourth-order valence-electron chi connectivity index (χ4n) is 7.42. The van der Waals surface area contributed by atoms with Crippen LogP contribution in [0.4, 0.5) is 0 Å². The zero-order valence-electron chi connectivity index (χ0n) is 32.4. The van der Waals surface area contributed by atoms with Gasteiger partial charge in [-0.15, -0.1) is 30.0 Å². The Labute approximate surface area is 303 Å². The topological polar surface area (TPSA) is 102 Å². The molecule has 6 aromatic rings. The van der Waals surface area contributed by atoms with Crippen molar-refractivity contribution in [2.24, 2.45) is 11.3 Å². The van der Waals surface area contributed by atoms with E-state index in [1.165, 1.54) is 16.0 Å². The summed E-state index contributed by atoms with van der Waals surface area (Å²) in [4.78, 5) is 3.07. The van der Waals surface area contributed by atoms with Crippen LogP contribution in [0, 0.1) is 11.3 Å². The number of benzene rings is 4. The molecule has 8 nitrogen and oxygen atoms in total. The largest absolute Gasteiger partial charge is 0.505 e. The van der Waals surface area contributed by atoms with Crippen LogP contribution < -0.4 is 0 Å². The predicted molar refractivity (Wildman–Crippen MR) is 209 cm³/mol. The van der Waals surface area contributed by atoms with Crippen molar-refractivity contribution in [1.82, 2.24) is 30.0 Å². The van der Waals surface area contributed by atoms with E-state index in [0.29, 0.717) is 28.4 Å². The van der Waals surface area contributed by atoms with Crippen molar-refractivity contribution in [1.29, 1.82) is 0 Å². The Balaban J connectivity index is 0.00000162. The molecule has 6 rings (SSSR count). The molecular formula is C43H56N6O2. The number of phenolic OH excluding ortho intramolecular Hbond substituents is 2. The number of aromatic hydroxyl groups is 2. The van der Waals surface area contributed by atoms with Gasteiger partial charge in [0, 0.05) is 17.5 Å². The van der Waals surface area contributed by atoms with Gasteiger partial charge in [-0.2, -0.15) is 0 Å².